The third-order valence-electron chi connectivity index (χ3n) is 3.90. The molecule has 0 saturated carbocycles. The smallest absolute Gasteiger partial charge is 0.0398 e. The van der Waals surface area contributed by atoms with Crippen LogP contribution in [0.25, 0.3) is 0 Å². The van der Waals surface area contributed by atoms with Crippen LogP contribution in [0.3, 0.4) is 0 Å². The van der Waals surface area contributed by atoms with Crippen LogP contribution in [0, 0.1) is 13.8 Å². The number of hydrogen-bond acceptors (Lipinski definition) is 1. The maximum absolute atomic E-state index is 2.57. The van der Waals surface area contributed by atoms with E-state index in [9.17, 15) is 0 Å². The molecule has 1 heterocycles. The summed E-state index contributed by atoms with van der Waals surface area (Å²) in [6.07, 6.45) is 4.10. The van der Waals surface area contributed by atoms with Crippen LogP contribution >= 0.6 is 0 Å². The Labute approximate surface area is 106 Å². The summed E-state index contributed by atoms with van der Waals surface area (Å²) in [5, 5.41) is 0. The van der Waals surface area contributed by atoms with Gasteiger partial charge < -0.3 is 4.90 Å². The summed E-state index contributed by atoms with van der Waals surface area (Å²) < 4.78 is 0. The lowest BCUT2D eigenvalue weighted by Gasteiger charge is -2.31. The van der Waals surface area contributed by atoms with Gasteiger partial charge in [-0.1, -0.05) is 19.9 Å². The Hall–Kier alpha value is -0.980. The second-order valence-electron chi connectivity index (χ2n) is 5.70. The first-order chi connectivity index (χ1) is 8.09. The second-order valence-corrected chi connectivity index (χ2v) is 5.70. The summed E-state index contributed by atoms with van der Waals surface area (Å²) in [5.41, 5.74) is 5.86. The van der Waals surface area contributed by atoms with Crippen molar-refractivity contribution in [3.8, 4) is 0 Å². The molecule has 0 amide bonds. The van der Waals surface area contributed by atoms with Crippen molar-refractivity contribution in [2.24, 2.45) is 0 Å². The lowest BCUT2D eigenvalue weighted by Crippen LogP contribution is -2.30. The van der Waals surface area contributed by atoms with Crippen molar-refractivity contribution < 1.29 is 0 Å². The molecule has 1 aromatic carbocycles. The molecule has 1 fully saturated rings. The standard InChI is InChI=1S/C16H25N/c1-12(2)15-10-14(4)16(11-13(15)3)17-8-6-5-7-9-17/h10-12H,5-9H2,1-4H3. The molecular weight excluding hydrogens is 206 g/mol. The number of rotatable bonds is 2. The quantitative estimate of drug-likeness (QED) is 0.728. The molecule has 1 nitrogen and oxygen atoms in total. The van der Waals surface area contributed by atoms with Gasteiger partial charge in [-0.2, -0.15) is 0 Å². The number of anilines is 1. The van der Waals surface area contributed by atoms with Crippen LogP contribution in [-0.4, -0.2) is 13.1 Å². The first-order valence-corrected chi connectivity index (χ1v) is 6.95. The second kappa shape index (κ2) is 5.12. The van der Waals surface area contributed by atoms with E-state index in [1.807, 2.05) is 0 Å². The van der Waals surface area contributed by atoms with Gasteiger partial charge in [0, 0.05) is 18.8 Å². The van der Waals surface area contributed by atoms with E-state index >= 15 is 0 Å². The van der Waals surface area contributed by atoms with Gasteiger partial charge >= 0.3 is 0 Å². The van der Waals surface area contributed by atoms with E-state index < -0.39 is 0 Å². The van der Waals surface area contributed by atoms with Crippen LogP contribution in [0.1, 0.15) is 55.7 Å². The summed E-state index contributed by atoms with van der Waals surface area (Å²) in [6, 6.07) is 4.79. The molecule has 0 radical (unpaired) electrons. The van der Waals surface area contributed by atoms with Gasteiger partial charge in [-0.05, 0) is 61.8 Å². The summed E-state index contributed by atoms with van der Waals surface area (Å²) >= 11 is 0. The van der Waals surface area contributed by atoms with Gasteiger partial charge in [-0.25, -0.2) is 0 Å². The topological polar surface area (TPSA) is 3.24 Å². The van der Waals surface area contributed by atoms with Gasteiger partial charge in [0.15, 0.2) is 0 Å². The maximum atomic E-state index is 2.57. The highest BCUT2D eigenvalue weighted by atomic mass is 15.1. The van der Waals surface area contributed by atoms with Crippen LogP contribution in [0.4, 0.5) is 5.69 Å². The molecular formula is C16H25N. The maximum Gasteiger partial charge on any atom is 0.0398 e. The predicted molar refractivity (Wildman–Crippen MR) is 76.1 cm³/mol. The molecule has 0 bridgehead atoms. The summed E-state index contributed by atoms with van der Waals surface area (Å²) in [4.78, 5) is 2.57. The molecule has 0 aromatic heterocycles. The van der Waals surface area contributed by atoms with Gasteiger partial charge in [-0.15, -0.1) is 0 Å². The molecule has 1 aromatic rings. The Morgan fingerprint density at radius 3 is 2.18 bits per heavy atom. The monoisotopic (exact) mass is 231 g/mol. The lowest BCUT2D eigenvalue weighted by molar-refractivity contribution is 0.577. The Morgan fingerprint density at radius 2 is 1.59 bits per heavy atom. The normalized spacial score (nSPS) is 16.6. The molecule has 0 unspecified atom stereocenters. The molecule has 0 atom stereocenters. The zero-order valence-corrected chi connectivity index (χ0v) is 11.7. The molecule has 0 N–H and O–H groups in total. The fraction of sp³-hybridized carbons (Fsp3) is 0.625. The molecule has 1 aliphatic heterocycles. The van der Waals surface area contributed by atoms with Gasteiger partial charge in [-0.3, -0.25) is 0 Å². The molecule has 1 heteroatoms. The number of benzene rings is 1. The van der Waals surface area contributed by atoms with Crippen LogP contribution in [0.2, 0.25) is 0 Å². The van der Waals surface area contributed by atoms with E-state index in [0.29, 0.717) is 5.92 Å². The zero-order valence-electron chi connectivity index (χ0n) is 11.7. The first kappa shape index (κ1) is 12.5. The molecule has 1 saturated heterocycles. The minimum absolute atomic E-state index is 0.629. The largest absolute Gasteiger partial charge is 0.371 e. The molecule has 94 valence electrons. The zero-order chi connectivity index (χ0) is 12.4. The van der Waals surface area contributed by atoms with Crippen molar-refractivity contribution in [3.63, 3.8) is 0 Å². The van der Waals surface area contributed by atoms with Gasteiger partial charge in [0.05, 0.1) is 0 Å². The van der Waals surface area contributed by atoms with Crippen LogP contribution < -0.4 is 4.90 Å². The summed E-state index contributed by atoms with van der Waals surface area (Å²) in [6.45, 7) is 11.5. The van der Waals surface area contributed by atoms with E-state index in [0.717, 1.165) is 0 Å². The Morgan fingerprint density at radius 1 is 0.941 bits per heavy atom. The average molecular weight is 231 g/mol. The number of nitrogens with zero attached hydrogens (tertiary/aromatic N) is 1. The fourth-order valence-corrected chi connectivity index (χ4v) is 2.92. The van der Waals surface area contributed by atoms with Crippen molar-refractivity contribution in [2.45, 2.75) is 52.9 Å². The van der Waals surface area contributed by atoms with Gasteiger partial charge in [0.25, 0.3) is 0 Å². The van der Waals surface area contributed by atoms with Crippen molar-refractivity contribution in [1.82, 2.24) is 0 Å². The molecule has 2 rings (SSSR count). The highest BCUT2D eigenvalue weighted by molar-refractivity contribution is 5.57. The Kier molecular flexibility index (Phi) is 3.76. The highest BCUT2D eigenvalue weighted by Crippen LogP contribution is 2.29. The van der Waals surface area contributed by atoms with Crippen LogP contribution in [0.15, 0.2) is 12.1 Å². The van der Waals surface area contributed by atoms with E-state index in [2.05, 4.69) is 44.7 Å². The van der Waals surface area contributed by atoms with Gasteiger partial charge in [0.2, 0.25) is 0 Å². The molecule has 1 aliphatic rings. The van der Waals surface area contributed by atoms with E-state index in [1.54, 1.807) is 0 Å². The van der Waals surface area contributed by atoms with Crippen LogP contribution in [0.5, 0.6) is 0 Å². The molecule has 17 heavy (non-hydrogen) atoms. The van der Waals surface area contributed by atoms with Crippen molar-refractivity contribution >= 4 is 5.69 Å². The predicted octanol–water partition coefficient (Wildman–Crippen LogP) is 4.42. The van der Waals surface area contributed by atoms with Crippen molar-refractivity contribution in [1.29, 1.82) is 0 Å². The third-order valence-corrected chi connectivity index (χ3v) is 3.90. The average Bonchev–Trinajstić information content (AvgIpc) is 2.32. The number of piperidine rings is 1. The Balaban J connectivity index is 2.32. The van der Waals surface area contributed by atoms with E-state index in [-0.39, 0.29) is 0 Å². The first-order valence-electron chi connectivity index (χ1n) is 6.95. The van der Waals surface area contributed by atoms with E-state index in [1.165, 1.54) is 54.7 Å². The third kappa shape index (κ3) is 2.65. The summed E-state index contributed by atoms with van der Waals surface area (Å²) in [7, 11) is 0. The fourth-order valence-electron chi connectivity index (χ4n) is 2.92. The Bertz CT molecular complexity index is 387. The SMILES string of the molecule is Cc1cc(N2CCCCC2)c(C)cc1C(C)C. The van der Waals surface area contributed by atoms with Crippen molar-refractivity contribution in [2.75, 3.05) is 18.0 Å². The number of hydrogen-bond donors (Lipinski definition) is 0. The number of aryl methyl sites for hydroxylation is 2. The lowest BCUT2D eigenvalue weighted by atomic mass is 9.94. The minimum atomic E-state index is 0.629. The van der Waals surface area contributed by atoms with Crippen LogP contribution in [-0.2, 0) is 0 Å². The molecule has 0 aliphatic carbocycles. The highest BCUT2D eigenvalue weighted by Gasteiger charge is 2.15. The summed E-state index contributed by atoms with van der Waals surface area (Å²) in [5.74, 6) is 0.629. The molecule has 0 spiro atoms. The van der Waals surface area contributed by atoms with E-state index in [4.69, 9.17) is 0 Å². The van der Waals surface area contributed by atoms with Gasteiger partial charge in [0.1, 0.15) is 0 Å². The minimum Gasteiger partial charge on any atom is -0.371 e. The van der Waals surface area contributed by atoms with Crippen molar-refractivity contribution in [3.05, 3.63) is 28.8 Å².